The lowest BCUT2D eigenvalue weighted by Crippen LogP contribution is -2.36. The molecule has 3 aromatic rings. The smallest absolute Gasteiger partial charge is 0.387 e. The number of hydrogen-bond donors (Lipinski definition) is 2. The van der Waals surface area contributed by atoms with Crippen LogP contribution in [0.5, 0.6) is 11.5 Å². The van der Waals surface area contributed by atoms with Gasteiger partial charge in [-0.2, -0.15) is 13.9 Å². The van der Waals surface area contributed by atoms with E-state index in [0.717, 1.165) is 11.3 Å². The molecule has 1 heterocycles. The number of nitrogens with one attached hydrogen (secondary N) is 2. The molecule has 2 aromatic carbocycles. The first-order chi connectivity index (χ1) is 15.1. The van der Waals surface area contributed by atoms with Crippen molar-refractivity contribution in [2.75, 3.05) is 13.7 Å². The number of halogens is 2. The highest BCUT2D eigenvalue weighted by molar-refractivity contribution is 5.79. The number of alkyl halides is 2. The Morgan fingerprint density at radius 3 is 2.52 bits per heavy atom. The van der Waals surface area contributed by atoms with Crippen LogP contribution in [0, 0.1) is 0 Å². The van der Waals surface area contributed by atoms with Crippen LogP contribution >= 0.6 is 0 Å². The van der Waals surface area contributed by atoms with Gasteiger partial charge in [-0.05, 0) is 36.8 Å². The standard InChI is InChI=1S/C22H25F2N5O2/c1-3-30-19-7-4-6-17(20(19)31-21(23)24)15-27-22(25-2)26-14-16-8-10-18(11-9-16)29-13-5-12-28-29/h4-13,21H,3,14-15H2,1-2H3,(H2,25,26,27). The van der Waals surface area contributed by atoms with E-state index >= 15 is 0 Å². The topological polar surface area (TPSA) is 72.7 Å². The summed E-state index contributed by atoms with van der Waals surface area (Å²) in [6, 6.07) is 14.9. The number of nitrogens with zero attached hydrogens (tertiary/aromatic N) is 3. The van der Waals surface area contributed by atoms with Crippen LogP contribution in [0.2, 0.25) is 0 Å². The van der Waals surface area contributed by atoms with Crippen LogP contribution in [-0.4, -0.2) is 36.0 Å². The van der Waals surface area contributed by atoms with Crippen LogP contribution in [0.15, 0.2) is 65.9 Å². The van der Waals surface area contributed by atoms with Crippen LogP contribution in [0.25, 0.3) is 5.69 Å². The van der Waals surface area contributed by atoms with E-state index < -0.39 is 6.61 Å². The van der Waals surface area contributed by atoms with Gasteiger partial charge >= 0.3 is 6.61 Å². The van der Waals surface area contributed by atoms with E-state index in [2.05, 4.69) is 20.7 Å². The molecular formula is C22H25F2N5O2. The average molecular weight is 429 g/mol. The molecule has 0 atom stereocenters. The summed E-state index contributed by atoms with van der Waals surface area (Å²) in [5.74, 6) is 0.833. The molecule has 164 valence electrons. The molecule has 7 nitrogen and oxygen atoms in total. The monoisotopic (exact) mass is 429 g/mol. The lowest BCUT2D eigenvalue weighted by molar-refractivity contribution is -0.0520. The predicted molar refractivity (Wildman–Crippen MR) is 115 cm³/mol. The maximum Gasteiger partial charge on any atom is 0.387 e. The summed E-state index contributed by atoms with van der Waals surface area (Å²) in [4.78, 5) is 4.19. The maximum absolute atomic E-state index is 12.9. The molecule has 0 aliphatic rings. The molecule has 0 bridgehead atoms. The lowest BCUT2D eigenvalue weighted by atomic mass is 10.2. The summed E-state index contributed by atoms with van der Waals surface area (Å²) in [6.07, 6.45) is 3.61. The molecule has 9 heteroatoms. The van der Waals surface area contributed by atoms with Crippen LogP contribution in [0.1, 0.15) is 18.1 Å². The average Bonchev–Trinajstić information content (AvgIpc) is 3.31. The molecule has 0 radical (unpaired) electrons. The predicted octanol–water partition coefficient (Wildman–Crippen LogP) is 3.74. The van der Waals surface area contributed by atoms with Crippen molar-refractivity contribution in [2.24, 2.45) is 4.99 Å². The fraction of sp³-hybridized carbons (Fsp3) is 0.273. The lowest BCUT2D eigenvalue weighted by Gasteiger charge is -2.17. The highest BCUT2D eigenvalue weighted by Crippen LogP contribution is 2.32. The molecule has 0 amide bonds. The first kappa shape index (κ1) is 22.1. The highest BCUT2D eigenvalue weighted by atomic mass is 19.3. The summed E-state index contributed by atoms with van der Waals surface area (Å²) in [7, 11) is 1.64. The second-order valence-corrected chi connectivity index (χ2v) is 6.45. The molecule has 0 saturated heterocycles. The van der Waals surface area contributed by atoms with Gasteiger partial charge in [-0.15, -0.1) is 0 Å². The summed E-state index contributed by atoms with van der Waals surface area (Å²) in [6.45, 7) is -0.0367. The fourth-order valence-electron chi connectivity index (χ4n) is 2.97. The Labute approximate surface area is 179 Å². The van der Waals surface area contributed by atoms with Crippen molar-refractivity contribution in [3.63, 3.8) is 0 Å². The largest absolute Gasteiger partial charge is 0.490 e. The Bertz CT molecular complexity index is 976. The molecule has 0 fully saturated rings. The summed E-state index contributed by atoms with van der Waals surface area (Å²) in [5.41, 5.74) is 2.56. The van der Waals surface area contributed by atoms with E-state index in [4.69, 9.17) is 9.47 Å². The van der Waals surface area contributed by atoms with Crippen molar-refractivity contribution in [3.05, 3.63) is 72.1 Å². The number of ether oxygens (including phenoxy) is 2. The van der Waals surface area contributed by atoms with E-state index in [1.165, 1.54) is 0 Å². The van der Waals surface area contributed by atoms with E-state index in [1.807, 2.05) is 36.5 Å². The second-order valence-electron chi connectivity index (χ2n) is 6.45. The third kappa shape index (κ3) is 6.18. The summed E-state index contributed by atoms with van der Waals surface area (Å²) < 4.78 is 37.6. The van der Waals surface area contributed by atoms with E-state index in [1.54, 1.807) is 43.0 Å². The van der Waals surface area contributed by atoms with Gasteiger partial charge in [0.05, 0.1) is 12.3 Å². The zero-order valence-corrected chi connectivity index (χ0v) is 17.4. The zero-order valence-electron chi connectivity index (χ0n) is 17.4. The Morgan fingerprint density at radius 1 is 1.10 bits per heavy atom. The van der Waals surface area contributed by atoms with Gasteiger partial charge in [-0.25, -0.2) is 4.68 Å². The second kappa shape index (κ2) is 11.0. The van der Waals surface area contributed by atoms with Gasteiger partial charge in [-0.3, -0.25) is 4.99 Å². The highest BCUT2D eigenvalue weighted by Gasteiger charge is 2.16. The van der Waals surface area contributed by atoms with Gasteiger partial charge in [0.15, 0.2) is 17.5 Å². The van der Waals surface area contributed by atoms with E-state index in [9.17, 15) is 8.78 Å². The van der Waals surface area contributed by atoms with Crippen LogP contribution in [0.4, 0.5) is 8.78 Å². The minimum atomic E-state index is -2.94. The maximum atomic E-state index is 12.9. The molecule has 0 aliphatic heterocycles. The van der Waals surface area contributed by atoms with Crippen molar-refractivity contribution < 1.29 is 18.3 Å². The van der Waals surface area contributed by atoms with Crippen molar-refractivity contribution in [2.45, 2.75) is 26.6 Å². The first-order valence-corrected chi connectivity index (χ1v) is 9.83. The van der Waals surface area contributed by atoms with Crippen molar-refractivity contribution >= 4 is 5.96 Å². The molecule has 3 rings (SSSR count). The van der Waals surface area contributed by atoms with Crippen LogP contribution in [-0.2, 0) is 13.1 Å². The van der Waals surface area contributed by atoms with E-state index in [-0.39, 0.29) is 18.0 Å². The number of para-hydroxylation sites is 1. The normalized spacial score (nSPS) is 11.5. The van der Waals surface area contributed by atoms with Crippen molar-refractivity contribution in [3.8, 4) is 17.2 Å². The number of guanidine groups is 1. The third-order valence-electron chi connectivity index (χ3n) is 4.40. The van der Waals surface area contributed by atoms with Crippen LogP contribution in [0.3, 0.4) is 0 Å². The van der Waals surface area contributed by atoms with Crippen molar-refractivity contribution in [1.29, 1.82) is 0 Å². The Hall–Kier alpha value is -3.62. The minimum absolute atomic E-state index is 0.0245. The first-order valence-electron chi connectivity index (χ1n) is 9.83. The van der Waals surface area contributed by atoms with Gasteiger partial charge in [0.25, 0.3) is 0 Å². The number of hydrogen-bond acceptors (Lipinski definition) is 4. The molecule has 2 N–H and O–H groups in total. The molecule has 0 spiro atoms. The van der Waals surface area contributed by atoms with Gasteiger partial charge in [-0.1, -0.05) is 24.3 Å². The summed E-state index contributed by atoms with van der Waals surface area (Å²) in [5, 5.41) is 10.5. The quantitative estimate of drug-likeness (QED) is 0.401. The Balaban J connectivity index is 1.60. The summed E-state index contributed by atoms with van der Waals surface area (Å²) >= 11 is 0. The number of benzene rings is 2. The molecule has 1 aromatic heterocycles. The van der Waals surface area contributed by atoms with Crippen LogP contribution < -0.4 is 20.1 Å². The molecule has 0 unspecified atom stereocenters. The number of aliphatic imine (C=N–C) groups is 1. The van der Waals surface area contributed by atoms with Gasteiger partial charge in [0.2, 0.25) is 0 Å². The Kier molecular flexibility index (Phi) is 7.80. The molecule has 31 heavy (non-hydrogen) atoms. The van der Waals surface area contributed by atoms with Gasteiger partial charge < -0.3 is 20.1 Å². The third-order valence-corrected chi connectivity index (χ3v) is 4.40. The number of rotatable bonds is 9. The fourth-order valence-corrected chi connectivity index (χ4v) is 2.97. The molecular weight excluding hydrogens is 404 g/mol. The number of aromatic nitrogens is 2. The zero-order chi connectivity index (χ0) is 22.1. The molecule has 0 aliphatic carbocycles. The molecule has 0 saturated carbocycles. The van der Waals surface area contributed by atoms with Gasteiger partial charge in [0, 0.05) is 38.1 Å². The Morgan fingerprint density at radius 2 is 1.87 bits per heavy atom. The van der Waals surface area contributed by atoms with Crippen molar-refractivity contribution in [1.82, 2.24) is 20.4 Å². The van der Waals surface area contributed by atoms with E-state index in [0.29, 0.717) is 24.7 Å². The SMILES string of the molecule is CCOc1cccc(CNC(=NC)NCc2ccc(-n3cccn3)cc2)c1OC(F)F. The minimum Gasteiger partial charge on any atom is -0.490 e. The van der Waals surface area contributed by atoms with Gasteiger partial charge in [0.1, 0.15) is 0 Å².